The molecule has 1 unspecified atom stereocenters. The number of hydrogen-bond donors (Lipinski definition) is 0. The summed E-state index contributed by atoms with van der Waals surface area (Å²) in [6.07, 6.45) is 5.22. The number of ether oxygens (including phenoxy) is 1. The van der Waals surface area contributed by atoms with E-state index in [0.717, 1.165) is 43.4 Å². The minimum absolute atomic E-state index is 0.0751. The molecule has 1 aliphatic rings. The Morgan fingerprint density at radius 3 is 2.25 bits per heavy atom. The van der Waals surface area contributed by atoms with Gasteiger partial charge in [0.2, 0.25) is 0 Å². The van der Waals surface area contributed by atoms with Crippen molar-refractivity contribution >= 4 is 24.7 Å². The predicted molar refractivity (Wildman–Crippen MR) is 115 cm³/mol. The molecule has 0 bridgehead atoms. The molecule has 1 atom stereocenters. The maximum atomic E-state index is 12.3. The van der Waals surface area contributed by atoms with E-state index in [1.807, 2.05) is 31.2 Å². The van der Waals surface area contributed by atoms with Crippen LogP contribution in [0.15, 0.2) is 24.3 Å². The van der Waals surface area contributed by atoms with Crippen LogP contribution in [0.2, 0.25) is 11.3 Å². The van der Waals surface area contributed by atoms with Crippen molar-refractivity contribution in [2.45, 2.75) is 84.2 Å². The smallest absolute Gasteiger partial charge is 0.457 e. The number of esters is 1. The molecule has 1 aromatic carbocycles. The Labute approximate surface area is 175 Å². The van der Waals surface area contributed by atoms with Crippen LogP contribution in [0.3, 0.4) is 0 Å². The van der Waals surface area contributed by atoms with Crippen LogP contribution < -0.4 is 0 Å². The van der Waals surface area contributed by atoms with Crippen molar-refractivity contribution in [1.29, 1.82) is 0 Å². The molecule has 0 N–H and O–H groups in total. The van der Waals surface area contributed by atoms with Crippen LogP contribution in [0.5, 0.6) is 0 Å². The first-order chi connectivity index (χ1) is 13.1. The Hall–Kier alpha value is -1.04. The molecule has 1 saturated heterocycles. The molecule has 28 heavy (non-hydrogen) atoms. The number of carbonyl (C=O) groups is 1. The summed E-state index contributed by atoms with van der Waals surface area (Å²) < 4.78 is 17.4. The van der Waals surface area contributed by atoms with Crippen molar-refractivity contribution in [1.82, 2.24) is 0 Å². The molecular formula is C22H34BClO4. The number of carbonyl (C=O) groups excluding carboxylic acids is 1. The minimum Gasteiger partial charge on any atom is -0.466 e. The molecule has 0 aliphatic carbocycles. The van der Waals surface area contributed by atoms with Crippen LogP contribution in [-0.2, 0) is 25.3 Å². The van der Waals surface area contributed by atoms with E-state index in [1.165, 1.54) is 5.56 Å². The van der Waals surface area contributed by atoms with Crippen molar-refractivity contribution in [2.75, 3.05) is 6.61 Å². The van der Waals surface area contributed by atoms with Crippen molar-refractivity contribution < 1.29 is 18.8 Å². The van der Waals surface area contributed by atoms with Crippen LogP contribution >= 0.6 is 11.6 Å². The van der Waals surface area contributed by atoms with Gasteiger partial charge in [0.1, 0.15) is 0 Å². The number of aryl methyl sites for hydroxylation is 1. The topological polar surface area (TPSA) is 44.8 Å². The third kappa shape index (κ3) is 6.50. The molecule has 1 heterocycles. The van der Waals surface area contributed by atoms with Gasteiger partial charge >= 0.3 is 13.1 Å². The van der Waals surface area contributed by atoms with Gasteiger partial charge in [-0.05, 0) is 77.9 Å². The number of benzene rings is 1. The van der Waals surface area contributed by atoms with Gasteiger partial charge in [0.05, 0.1) is 23.7 Å². The maximum absolute atomic E-state index is 12.3. The van der Waals surface area contributed by atoms with Crippen molar-refractivity contribution in [3.63, 3.8) is 0 Å². The Bertz CT molecular complexity index is 614. The van der Waals surface area contributed by atoms with Crippen molar-refractivity contribution in [2.24, 2.45) is 5.92 Å². The summed E-state index contributed by atoms with van der Waals surface area (Å²) >= 11 is 5.95. The second-order valence-corrected chi connectivity index (χ2v) is 9.02. The number of unbranched alkanes of at least 4 members (excludes halogenated alkanes) is 1. The van der Waals surface area contributed by atoms with E-state index in [9.17, 15) is 4.79 Å². The fourth-order valence-corrected chi connectivity index (χ4v) is 3.54. The first-order valence-electron chi connectivity index (χ1n) is 10.4. The second kappa shape index (κ2) is 10.1. The largest absolute Gasteiger partial charge is 0.466 e. The van der Waals surface area contributed by atoms with Crippen LogP contribution in [0, 0.1) is 5.92 Å². The summed E-state index contributed by atoms with van der Waals surface area (Å²) in [4.78, 5) is 12.3. The first-order valence-corrected chi connectivity index (χ1v) is 10.8. The first kappa shape index (κ1) is 23.2. The number of rotatable bonds is 10. The van der Waals surface area contributed by atoms with E-state index < -0.39 is 0 Å². The van der Waals surface area contributed by atoms with Gasteiger partial charge in [-0.25, -0.2) is 0 Å². The summed E-state index contributed by atoms with van der Waals surface area (Å²) in [5, 5.41) is 0.730. The molecule has 0 aromatic heterocycles. The molecule has 4 nitrogen and oxygen atoms in total. The van der Waals surface area contributed by atoms with Gasteiger partial charge in [-0.2, -0.15) is 0 Å². The lowest BCUT2D eigenvalue weighted by Gasteiger charge is -2.32. The number of halogens is 1. The molecule has 0 spiro atoms. The van der Waals surface area contributed by atoms with Gasteiger partial charge in [-0.15, -0.1) is 0 Å². The maximum Gasteiger partial charge on any atom is 0.457 e. The summed E-state index contributed by atoms with van der Waals surface area (Å²) in [7, 11) is -0.167. The second-order valence-electron chi connectivity index (χ2n) is 8.58. The normalized spacial score (nSPS) is 18.9. The van der Waals surface area contributed by atoms with E-state index in [1.54, 1.807) is 0 Å². The van der Waals surface area contributed by atoms with E-state index in [2.05, 4.69) is 27.7 Å². The number of hydrogen-bond acceptors (Lipinski definition) is 4. The van der Waals surface area contributed by atoms with Crippen LogP contribution in [0.4, 0.5) is 0 Å². The van der Waals surface area contributed by atoms with Gasteiger partial charge in [-0.1, -0.05) is 36.6 Å². The Kier molecular flexibility index (Phi) is 8.41. The SMILES string of the molecule is CCOC(=O)C(CCCCB1OC(C)(C)C(C)(C)O1)CCc1ccc(Cl)cc1. The fourth-order valence-electron chi connectivity index (χ4n) is 3.42. The third-order valence-corrected chi connectivity index (χ3v) is 6.11. The molecule has 2 rings (SSSR count). The van der Waals surface area contributed by atoms with E-state index in [-0.39, 0.29) is 30.2 Å². The molecule has 6 heteroatoms. The van der Waals surface area contributed by atoms with Crippen molar-refractivity contribution in [3.05, 3.63) is 34.9 Å². The van der Waals surface area contributed by atoms with E-state index in [0.29, 0.717) is 6.61 Å². The molecule has 1 aliphatic heterocycles. The molecule has 0 amide bonds. The Morgan fingerprint density at radius 1 is 1.07 bits per heavy atom. The quantitative estimate of drug-likeness (QED) is 0.282. The van der Waals surface area contributed by atoms with E-state index in [4.69, 9.17) is 25.6 Å². The fraction of sp³-hybridized carbons (Fsp3) is 0.682. The minimum atomic E-state index is -0.288. The predicted octanol–water partition coefficient (Wildman–Crippen LogP) is 5.71. The molecule has 0 radical (unpaired) electrons. The highest BCUT2D eigenvalue weighted by Crippen LogP contribution is 2.38. The lowest BCUT2D eigenvalue weighted by Crippen LogP contribution is -2.41. The summed E-state index contributed by atoms with van der Waals surface area (Å²) in [6.45, 7) is 10.6. The highest BCUT2D eigenvalue weighted by atomic mass is 35.5. The van der Waals surface area contributed by atoms with Gasteiger partial charge in [-0.3, -0.25) is 4.79 Å². The average molecular weight is 409 g/mol. The zero-order chi connectivity index (χ0) is 20.8. The van der Waals surface area contributed by atoms with Crippen LogP contribution in [0.25, 0.3) is 0 Å². The molecule has 156 valence electrons. The highest BCUT2D eigenvalue weighted by Gasteiger charge is 2.50. The zero-order valence-corrected chi connectivity index (χ0v) is 18.7. The van der Waals surface area contributed by atoms with Gasteiger partial charge < -0.3 is 14.0 Å². The lowest BCUT2D eigenvalue weighted by molar-refractivity contribution is -0.148. The summed E-state index contributed by atoms with van der Waals surface area (Å²) in [5.41, 5.74) is 0.615. The molecular weight excluding hydrogens is 375 g/mol. The third-order valence-electron chi connectivity index (χ3n) is 5.86. The highest BCUT2D eigenvalue weighted by molar-refractivity contribution is 6.45. The lowest BCUT2D eigenvalue weighted by atomic mass is 9.81. The van der Waals surface area contributed by atoms with Crippen LogP contribution in [0.1, 0.15) is 65.9 Å². The van der Waals surface area contributed by atoms with Gasteiger partial charge in [0, 0.05) is 5.02 Å². The molecule has 1 fully saturated rings. The summed E-state index contributed by atoms with van der Waals surface area (Å²) in [6, 6.07) is 7.81. The Morgan fingerprint density at radius 2 is 1.68 bits per heavy atom. The standard InChI is InChI=1S/C22H34BClO4/c1-6-26-20(25)18(13-10-17-11-14-19(24)15-12-17)9-7-8-16-23-27-21(2,3)22(4,5)28-23/h11-12,14-15,18H,6-10,13,16H2,1-5H3. The van der Waals surface area contributed by atoms with Gasteiger partial charge in [0.15, 0.2) is 0 Å². The molecule has 1 aromatic rings. The zero-order valence-electron chi connectivity index (χ0n) is 17.9. The summed E-state index contributed by atoms with van der Waals surface area (Å²) in [5.74, 6) is -0.166. The monoisotopic (exact) mass is 408 g/mol. The molecule has 0 saturated carbocycles. The van der Waals surface area contributed by atoms with Crippen molar-refractivity contribution in [3.8, 4) is 0 Å². The van der Waals surface area contributed by atoms with E-state index >= 15 is 0 Å². The van der Waals surface area contributed by atoms with Gasteiger partial charge in [0.25, 0.3) is 0 Å². The van der Waals surface area contributed by atoms with Crippen LogP contribution in [-0.4, -0.2) is 30.9 Å². The Balaban J connectivity index is 1.79. The average Bonchev–Trinajstić information content (AvgIpc) is 2.82.